The number of amides is 1. The average Bonchev–Trinajstić information content (AvgIpc) is 3.10. The summed E-state index contributed by atoms with van der Waals surface area (Å²) in [4.78, 5) is 18.5. The number of methoxy groups -OCH3 is 1. The Morgan fingerprint density at radius 3 is 2.59 bits per heavy atom. The molecule has 27 heavy (non-hydrogen) atoms. The van der Waals surface area contributed by atoms with Gasteiger partial charge in [-0.15, -0.1) is 0 Å². The Balaban J connectivity index is 1.81. The monoisotopic (exact) mass is 389 g/mol. The summed E-state index contributed by atoms with van der Waals surface area (Å²) in [7, 11) is -2.12. The van der Waals surface area contributed by atoms with E-state index in [0.717, 1.165) is 0 Å². The van der Waals surface area contributed by atoms with Crippen LogP contribution in [0.1, 0.15) is 23.2 Å². The Bertz CT molecular complexity index is 874. The number of hydrogen-bond acceptors (Lipinski definition) is 5. The van der Waals surface area contributed by atoms with Gasteiger partial charge in [0.2, 0.25) is 10.0 Å². The van der Waals surface area contributed by atoms with E-state index in [-0.39, 0.29) is 10.8 Å². The second-order valence-corrected chi connectivity index (χ2v) is 8.34. The standard InChI is InChI=1S/C19H23N3O4S/c1-26-14-10-19(21-27(24,25)17-5-3-2-4-6-17)9-13-22(15-19)18(23)16-7-11-20-12-8-16/h2-8,11-12,21H,9-10,13-15H2,1H3. The van der Waals surface area contributed by atoms with Crippen molar-refractivity contribution in [3.05, 3.63) is 60.4 Å². The third kappa shape index (κ3) is 4.52. The van der Waals surface area contributed by atoms with E-state index in [1.54, 1.807) is 66.9 Å². The van der Waals surface area contributed by atoms with E-state index in [2.05, 4.69) is 9.71 Å². The Morgan fingerprint density at radius 1 is 1.22 bits per heavy atom. The van der Waals surface area contributed by atoms with E-state index < -0.39 is 15.6 Å². The number of hydrogen-bond donors (Lipinski definition) is 1. The van der Waals surface area contributed by atoms with Gasteiger partial charge in [0.15, 0.2) is 0 Å². The van der Waals surface area contributed by atoms with Crippen LogP contribution in [0.4, 0.5) is 0 Å². The number of benzene rings is 1. The van der Waals surface area contributed by atoms with Gasteiger partial charge in [0.1, 0.15) is 0 Å². The molecule has 0 spiro atoms. The molecule has 0 bridgehead atoms. The second-order valence-electron chi connectivity index (χ2n) is 6.65. The molecule has 144 valence electrons. The summed E-state index contributed by atoms with van der Waals surface area (Å²) in [5.41, 5.74) is -0.216. The highest BCUT2D eigenvalue weighted by molar-refractivity contribution is 7.89. The third-order valence-electron chi connectivity index (χ3n) is 4.76. The van der Waals surface area contributed by atoms with Crippen molar-refractivity contribution in [2.75, 3.05) is 26.8 Å². The Hall–Kier alpha value is -2.29. The van der Waals surface area contributed by atoms with Crippen molar-refractivity contribution in [1.29, 1.82) is 0 Å². The molecule has 0 radical (unpaired) electrons. The van der Waals surface area contributed by atoms with E-state index in [9.17, 15) is 13.2 Å². The van der Waals surface area contributed by atoms with Crippen molar-refractivity contribution >= 4 is 15.9 Å². The largest absolute Gasteiger partial charge is 0.385 e. The van der Waals surface area contributed by atoms with Gasteiger partial charge in [-0.3, -0.25) is 9.78 Å². The minimum atomic E-state index is -3.70. The first kappa shape index (κ1) is 19.5. The Kier molecular flexibility index (Phi) is 5.88. The van der Waals surface area contributed by atoms with Crippen LogP contribution < -0.4 is 4.72 Å². The quantitative estimate of drug-likeness (QED) is 0.778. The summed E-state index contributed by atoms with van der Waals surface area (Å²) in [6.45, 7) is 1.17. The number of rotatable bonds is 7. The number of carbonyl (C=O) groups is 1. The van der Waals surface area contributed by atoms with E-state index in [1.165, 1.54) is 0 Å². The summed E-state index contributed by atoms with van der Waals surface area (Å²) in [5.74, 6) is -0.129. The molecule has 0 aliphatic carbocycles. The van der Waals surface area contributed by atoms with Crippen LogP contribution in [0.15, 0.2) is 59.8 Å². The summed E-state index contributed by atoms with van der Waals surface area (Å²) >= 11 is 0. The summed E-state index contributed by atoms with van der Waals surface area (Å²) in [6, 6.07) is 11.6. The van der Waals surface area contributed by atoms with Crippen LogP contribution >= 0.6 is 0 Å². The zero-order valence-corrected chi connectivity index (χ0v) is 16.0. The predicted octanol–water partition coefficient (Wildman–Crippen LogP) is 1.68. The molecule has 8 heteroatoms. The van der Waals surface area contributed by atoms with E-state index in [4.69, 9.17) is 4.74 Å². The first-order chi connectivity index (χ1) is 13.0. The number of pyridine rings is 1. The maximum atomic E-state index is 12.8. The maximum absolute atomic E-state index is 12.8. The normalized spacial score (nSPS) is 20.0. The van der Waals surface area contributed by atoms with Gasteiger partial charge in [-0.25, -0.2) is 13.1 Å². The molecule has 2 heterocycles. The molecule has 7 nitrogen and oxygen atoms in total. The van der Waals surface area contributed by atoms with Crippen molar-refractivity contribution in [2.24, 2.45) is 0 Å². The number of nitrogens with zero attached hydrogens (tertiary/aromatic N) is 2. The maximum Gasteiger partial charge on any atom is 0.254 e. The van der Waals surface area contributed by atoms with Crippen LogP contribution in [0.25, 0.3) is 0 Å². The summed E-state index contributed by atoms with van der Waals surface area (Å²) in [6.07, 6.45) is 4.15. The lowest BCUT2D eigenvalue weighted by Crippen LogP contribution is -2.51. The molecule has 1 aliphatic heterocycles. The van der Waals surface area contributed by atoms with Gasteiger partial charge in [-0.1, -0.05) is 18.2 Å². The first-order valence-electron chi connectivity index (χ1n) is 8.73. The molecule has 1 N–H and O–H groups in total. The fourth-order valence-electron chi connectivity index (χ4n) is 3.30. The highest BCUT2D eigenvalue weighted by atomic mass is 32.2. The summed E-state index contributed by atoms with van der Waals surface area (Å²) < 4.78 is 33.7. The van der Waals surface area contributed by atoms with Crippen molar-refractivity contribution < 1.29 is 17.9 Å². The van der Waals surface area contributed by atoms with Crippen LogP contribution in [0.5, 0.6) is 0 Å². The minimum absolute atomic E-state index is 0.129. The van der Waals surface area contributed by atoms with E-state index >= 15 is 0 Å². The lowest BCUT2D eigenvalue weighted by Gasteiger charge is -2.30. The highest BCUT2D eigenvalue weighted by Gasteiger charge is 2.43. The first-order valence-corrected chi connectivity index (χ1v) is 10.2. The lowest BCUT2D eigenvalue weighted by molar-refractivity contribution is 0.0775. The fraction of sp³-hybridized carbons (Fsp3) is 0.368. The SMILES string of the molecule is COCCC1(NS(=O)(=O)c2ccccc2)CCN(C(=O)c2ccncc2)C1. The van der Waals surface area contributed by atoms with Crippen LogP contribution in [0, 0.1) is 0 Å². The molecule has 2 aromatic rings. The Morgan fingerprint density at radius 2 is 1.93 bits per heavy atom. The molecule has 1 saturated heterocycles. The summed E-state index contributed by atoms with van der Waals surface area (Å²) in [5, 5.41) is 0. The molecule has 1 aliphatic rings. The molecular formula is C19H23N3O4S. The molecule has 3 rings (SSSR count). The lowest BCUT2D eigenvalue weighted by atomic mass is 9.96. The molecule has 0 saturated carbocycles. The molecule has 1 unspecified atom stereocenters. The van der Waals surface area contributed by atoms with Gasteiger partial charge >= 0.3 is 0 Å². The van der Waals surface area contributed by atoms with E-state index in [1.807, 2.05) is 0 Å². The molecular weight excluding hydrogens is 366 g/mol. The van der Waals surface area contributed by atoms with Crippen LogP contribution in [0.3, 0.4) is 0 Å². The van der Waals surface area contributed by atoms with Crippen molar-refractivity contribution in [3.8, 4) is 0 Å². The van der Waals surface area contributed by atoms with Gasteiger partial charge in [0.25, 0.3) is 5.91 Å². The second kappa shape index (κ2) is 8.16. The number of nitrogens with one attached hydrogen (secondary N) is 1. The van der Waals surface area contributed by atoms with E-state index in [0.29, 0.717) is 38.1 Å². The average molecular weight is 389 g/mol. The fourth-order valence-corrected chi connectivity index (χ4v) is 4.77. The molecule has 1 aromatic carbocycles. The van der Waals surface area contributed by atoms with Crippen LogP contribution in [-0.4, -0.2) is 56.6 Å². The van der Waals surface area contributed by atoms with Crippen molar-refractivity contribution in [1.82, 2.24) is 14.6 Å². The molecule has 1 fully saturated rings. The van der Waals surface area contributed by atoms with Crippen LogP contribution in [0.2, 0.25) is 0 Å². The zero-order valence-electron chi connectivity index (χ0n) is 15.2. The van der Waals surface area contributed by atoms with Crippen molar-refractivity contribution in [2.45, 2.75) is 23.3 Å². The van der Waals surface area contributed by atoms with Gasteiger partial charge in [-0.05, 0) is 37.1 Å². The van der Waals surface area contributed by atoms with Gasteiger partial charge in [0.05, 0.1) is 10.4 Å². The number of ether oxygens (including phenoxy) is 1. The zero-order chi connectivity index (χ0) is 19.3. The predicted molar refractivity (Wildman–Crippen MR) is 101 cm³/mol. The van der Waals surface area contributed by atoms with Gasteiger partial charge < -0.3 is 9.64 Å². The number of sulfonamides is 1. The van der Waals surface area contributed by atoms with Crippen molar-refractivity contribution in [3.63, 3.8) is 0 Å². The highest BCUT2D eigenvalue weighted by Crippen LogP contribution is 2.28. The van der Waals surface area contributed by atoms with Gasteiger partial charge in [0, 0.05) is 44.8 Å². The number of likely N-dealkylation sites (tertiary alicyclic amines) is 1. The van der Waals surface area contributed by atoms with Gasteiger partial charge in [-0.2, -0.15) is 0 Å². The topological polar surface area (TPSA) is 88.6 Å². The Labute approximate surface area is 159 Å². The molecule has 1 aromatic heterocycles. The smallest absolute Gasteiger partial charge is 0.254 e. The third-order valence-corrected chi connectivity index (χ3v) is 6.35. The molecule has 1 atom stereocenters. The number of carbonyl (C=O) groups excluding carboxylic acids is 1. The number of aromatic nitrogens is 1. The van der Waals surface area contributed by atoms with Crippen LogP contribution in [-0.2, 0) is 14.8 Å². The molecule has 1 amide bonds. The minimum Gasteiger partial charge on any atom is -0.385 e.